The van der Waals surface area contributed by atoms with Gasteiger partial charge in [0.1, 0.15) is 0 Å². The molecule has 0 aliphatic rings. The number of rotatable bonds is 3. The van der Waals surface area contributed by atoms with Gasteiger partial charge in [-0.25, -0.2) is 0 Å². The summed E-state index contributed by atoms with van der Waals surface area (Å²) >= 11 is 0. The molecule has 0 aliphatic heterocycles. The van der Waals surface area contributed by atoms with Gasteiger partial charge in [0.25, 0.3) is 0 Å². The van der Waals surface area contributed by atoms with Gasteiger partial charge in [0.15, 0.2) is 0 Å². The van der Waals surface area contributed by atoms with E-state index in [1.807, 2.05) is 225 Å². The van der Waals surface area contributed by atoms with E-state index >= 15 is 0 Å². The molecule has 0 saturated heterocycles. The van der Waals surface area contributed by atoms with Gasteiger partial charge in [-0.2, -0.15) is 0 Å². The minimum absolute atomic E-state index is 0.293. The third-order valence-corrected chi connectivity index (χ3v) is 14.6. The Hall–Kier alpha value is -9.62. The van der Waals surface area contributed by atoms with Crippen LogP contribution < -0.4 is 0 Å². The Morgan fingerprint density at radius 3 is 0.318 bits per heavy atom. The molecule has 129 heavy (non-hydrogen) atoms. The fourth-order valence-electron chi connectivity index (χ4n) is 8.06. The average molecular weight is 1760 g/mol. The minimum atomic E-state index is 0.293. The third-order valence-electron chi connectivity index (χ3n) is 14.6. The van der Waals surface area contributed by atoms with Gasteiger partial charge in [0.05, 0.1) is 0 Å². The van der Waals surface area contributed by atoms with Crippen molar-refractivity contribution in [1.82, 2.24) is 0 Å². The highest BCUT2D eigenvalue weighted by Crippen LogP contribution is 2.23. The lowest BCUT2D eigenvalue weighted by molar-refractivity contribution is 0.397. The molecule has 13 aromatic carbocycles. The van der Waals surface area contributed by atoms with E-state index in [9.17, 15) is 0 Å². The minimum Gasteiger partial charge on any atom is -0.0683 e. The zero-order chi connectivity index (χ0) is 102. The summed E-state index contributed by atoms with van der Waals surface area (Å²) in [5, 5.41) is 5.24. The molecule has 13 aromatic rings. The standard InChI is InChI=1S/3C12H10.2C10H8.C10H14.2C7H8.2C6H14.3C5H12.11C2H6/c3*1-3-7-11(8-4-1)12-9-5-2-6-10-12;2*1-2-6-10-8-4-3-7-9(10)5-1;1-10(2,3)9-7-5-4-6-8-9;2*1-7-5-3-2-4-6-7;2*1-5-6(2,3)4;3*1-5(2,3)4;11*1-2/h3*1-10H;2*1-8H;4-8H,1-3H3;2*2-6H,1H3;2*5H2,1-4H3;3*1-4H3;11*1-2H3. The SMILES string of the molecule is CC.CC.CC.CC.CC.CC.CC.CC.CC.CC.CC.CC(C)(C)C.CC(C)(C)C.CC(C)(C)C.CC(C)(C)c1ccccc1.CCC(C)(C)C.CCC(C)(C)C.Cc1ccccc1.Cc1ccccc1.c1ccc(-c2ccccc2)cc1.c1ccc(-c2ccccc2)cc1.c1ccc(-c2ccccc2)cc1.c1ccc2ccccc2c1.c1ccc2ccccc2c1. The number of hydrogen-bond donors (Lipinski definition) is 0. The fraction of sp³-hybridized carbons (Fsp3) is 0.426. The normalized spacial score (nSPS) is 9.11. The smallest absolute Gasteiger partial charge is 0.0132 e. The van der Waals surface area contributed by atoms with Crippen LogP contribution in [0.4, 0.5) is 0 Å². The Labute approximate surface area is 807 Å². The summed E-state index contributed by atoms with van der Waals surface area (Å²) in [6.45, 7) is 99.0. The van der Waals surface area contributed by atoms with E-state index in [2.05, 4.69) is 470 Å². The second-order valence-corrected chi connectivity index (χ2v) is 34.6. The van der Waals surface area contributed by atoms with Crippen LogP contribution in [0.15, 0.2) is 370 Å². The second-order valence-electron chi connectivity index (χ2n) is 34.6. The zero-order valence-electron chi connectivity index (χ0n) is 93.1. The molecule has 0 aliphatic carbocycles. The molecular formula is C129H206. The van der Waals surface area contributed by atoms with Crippen molar-refractivity contribution >= 4 is 21.5 Å². The zero-order valence-corrected chi connectivity index (χ0v) is 93.1. The van der Waals surface area contributed by atoms with Gasteiger partial charge in [-0.05, 0) is 107 Å². The van der Waals surface area contributed by atoms with Gasteiger partial charge in [-0.1, -0.05) is 706 Å². The molecule has 13 rings (SSSR count). The molecule has 0 N–H and O–H groups in total. The summed E-state index contributed by atoms with van der Waals surface area (Å²) in [6, 6.07) is 127. The lowest BCUT2D eigenvalue weighted by atomic mass is 9.87. The molecule has 0 saturated carbocycles. The summed E-state index contributed by atoms with van der Waals surface area (Å²) in [5.74, 6) is 0. The number of hydrogen-bond acceptors (Lipinski definition) is 0. The summed E-state index contributed by atoms with van der Waals surface area (Å²) in [6.07, 6.45) is 2.54. The van der Waals surface area contributed by atoms with Gasteiger partial charge >= 0.3 is 0 Å². The maximum atomic E-state index is 2.24. The van der Waals surface area contributed by atoms with Gasteiger partial charge in [0, 0.05) is 0 Å². The van der Waals surface area contributed by atoms with Crippen LogP contribution in [-0.4, -0.2) is 0 Å². The predicted octanol–water partition coefficient (Wildman–Crippen LogP) is 45.0. The number of benzene rings is 13. The first-order valence-corrected chi connectivity index (χ1v) is 49.6. The maximum absolute atomic E-state index is 2.24. The molecule has 0 nitrogen and oxygen atoms in total. The van der Waals surface area contributed by atoms with Crippen molar-refractivity contribution in [2.75, 3.05) is 0 Å². The Bertz CT molecular complexity index is 3550. The topological polar surface area (TPSA) is 0 Å². The molecule has 0 heterocycles. The Kier molecular flexibility index (Phi) is 109. The Morgan fingerprint density at radius 1 is 0.147 bits per heavy atom. The van der Waals surface area contributed by atoms with Gasteiger partial charge < -0.3 is 0 Å². The van der Waals surface area contributed by atoms with E-state index in [1.165, 1.54) is 84.5 Å². The van der Waals surface area contributed by atoms with Crippen molar-refractivity contribution in [3.63, 3.8) is 0 Å². The molecule has 0 amide bonds. The van der Waals surface area contributed by atoms with Crippen LogP contribution in [0.1, 0.15) is 341 Å². The van der Waals surface area contributed by atoms with Gasteiger partial charge in [-0.3, -0.25) is 0 Å². The highest BCUT2D eigenvalue weighted by atomic mass is 14.2. The van der Waals surface area contributed by atoms with Crippen molar-refractivity contribution in [3.05, 3.63) is 387 Å². The van der Waals surface area contributed by atoms with Crippen LogP contribution in [0.25, 0.3) is 54.9 Å². The van der Waals surface area contributed by atoms with E-state index in [-0.39, 0.29) is 0 Å². The van der Waals surface area contributed by atoms with E-state index in [0.29, 0.717) is 32.5 Å². The maximum Gasteiger partial charge on any atom is -0.0132 e. The predicted molar refractivity (Wildman–Crippen MR) is 611 cm³/mol. The van der Waals surface area contributed by atoms with Crippen molar-refractivity contribution in [2.45, 2.75) is 344 Å². The Balaban J connectivity index is -0.000000129. The number of fused-ring (bicyclic) bond motifs is 2. The molecule has 0 bridgehead atoms. The molecule has 0 spiro atoms. The molecular weight excluding hydrogens is 1550 g/mol. The molecule has 0 radical (unpaired) electrons. The van der Waals surface area contributed by atoms with Crippen molar-refractivity contribution in [3.8, 4) is 33.4 Å². The largest absolute Gasteiger partial charge is 0.0683 e. The third kappa shape index (κ3) is 107. The monoisotopic (exact) mass is 1760 g/mol. The first-order chi connectivity index (χ1) is 61.3. The molecule has 0 aromatic heterocycles. The van der Waals surface area contributed by atoms with Crippen molar-refractivity contribution < 1.29 is 0 Å². The van der Waals surface area contributed by atoms with E-state index in [4.69, 9.17) is 0 Å². The quantitative estimate of drug-likeness (QED) is 0.165. The highest BCUT2D eigenvalue weighted by molar-refractivity contribution is 5.82. The van der Waals surface area contributed by atoms with Crippen LogP contribution >= 0.6 is 0 Å². The van der Waals surface area contributed by atoms with E-state index < -0.39 is 0 Å². The van der Waals surface area contributed by atoms with E-state index in [0.717, 1.165) is 0 Å². The molecule has 0 unspecified atom stereocenters. The summed E-state index contributed by atoms with van der Waals surface area (Å²) in [7, 11) is 0. The lowest BCUT2D eigenvalue weighted by Gasteiger charge is -2.18. The summed E-state index contributed by atoms with van der Waals surface area (Å²) in [5.41, 5.74) is 14.6. The summed E-state index contributed by atoms with van der Waals surface area (Å²) in [4.78, 5) is 0. The van der Waals surface area contributed by atoms with Crippen LogP contribution in [0.5, 0.6) is 0 Å². The van der Waals surface area contributed by atoms with Crippen LogP contribution in [0.2, 0.25) is 0 Å². The molecule has 722 valence electrons. The molecule has 0 atom stereocenters. The fourth-order valence-corrected chi connectivity index (χ4v) is 8.06. The van der Waals surface area contributed by atoms with Gasteiger partial charge in [-0.15, -0.1) is 0 Å². The van der Waals surface area contributed by atoms with Crippen LogP contribution in [-0.2, 0) is 5.41 Å². The average Bonchev–Trinajstić information content (AvgIpc) is 0.871. The lowest BCUT2D eigenvalue weighted by Crippen LogP contribution is -2.10. The molecule has 0 heteroatoms. The van der Waals surface area contributed by atoms with Crippen molar-refractivity contribution in [2.24, 2.45) is 27.1 Å². The van der Waals surface area contributed by atoms with Crippen LogP contribution in [0, 0.1) is 40.9 Å². The van der Waals surface area contributed by atoms with E-state index in [1.54, 1.807) is 0 Å². The Morgan fingerprint density at radius 2 is 0.240 bits per heavy atom. The second kappa shape index (κ2) is 99.0. The highest BCUT2D eigenvalue weighted by Gasteiger charge is 2.11. The van der Waals surface area contributed by atoms with Crippen LogP contribution in [0.3, 0.4) is 0 Å². The first-order valence-electron chi connectivity index (χ1n) is 49.6. The molecule has 0 fully saturated rings. The summed E-state index contributed by atoms with van der Waals surface area (Å²) < 4.78 is 0. The van der Waals surface area contributed by atoms with Gasteiger partial charge in [0.2, 0.25) is 0 Å². The number of aryl methyl sites for hydroxylation is 2. The first kappa shape index (κ1) is 142. The van der Waals surface area contributed by atoms with Crippen molar-refractivity contribution in [1.29, 1.82) is 0 Å².